The molecule has 24 heavy (non-hydrogen) atoms. The highest BCUT2D eigenvalue weighted by Gasteiger charge is 2.46. The summed E-state index contributed by atoms with van der Waals surface area (Å²) < 4.78 is 38.4. The summed E-state index contributed by atoms with van der Waals surface area (Å²) in [5.41, 5.74) is 0. The van der Waals surface area contributed by atoms with Crippen LogP contribution in [-0.4, -0.2) is 29.1 Å². The Kier molecular flexibility index (Phi) is 9.75. The molecule has 0 bridgehead atoms. The first kappa shape index (κ1) is 21.3. The van der Waals surface area contributed by atoms with E-state index in [1.54, 1.807) is 6.92 Å². The summed E-state index contributed by atoms with van der Waals surface area (Å²) in [4.78, 5) is 12.8. The number of nitrogens with zero attached hydrogens (tertiary/aromatic N) is 1. The van der Waals surface area contributed by atoms with E-state index < -0.39 is 12.1 Å². The van der Waals surface area contributed by atoms with E-state index in [0.29, 0.717) is 19.3 Å². The number of carbonyl (C=O) groups is 1. The summed E-state index contributed by atoms with van der Waals surface area (Å²) in [6.07, 6.45) is 9.06. The van der Waals surface area contributed by atoms with Crippen molar-refractivity contribution in [1.29, 1.82) is 0 Å². The molecule has 0 saturated carbocycles. The summed E-state index contributed by atoms with van der Waals surface area (Å²) in [5, 5.41) is 0. The van der Waals surface area contributed by atoms with Crippen LogP contribution in [0.1, 0.15) is 97.3 Å². The third-order valence-corrected chi connectivity index (χ3v) is 5.15. The van der Waals surface area contributed by atoms with Crippen LogP contribution in [0, 0.1) is 0 Å². The van der Waals surface area contributed by atoms with Crippen LogP contribution in [0.4, 0.5) is 13.2 Å². The first-order chi connectivity index (χ1) is 11.4. The minimum Gasteiger partial charge on any atom is -0.329 e. The Morgan fingerprint density at radius 3 is 2.04 bits per heavy atom. The van der Waals surface area contributed by atoms with E-state index in [0.717, 1.165) is 30.6 Å². The quantitative estimate of drug-likeness (QED) is 0.428. The smallest absolute Gasteiger partial charge is 0.329 e. The Labute approximate surface area is 145 Å². The lowest BCUT2D eigenvalue weighted by atomic mass is 9.92. The van der Waals surface area contributed by atoms with E-state index in [1.807, 2.05) is 0 Å². The number of alkyl halides is 3. The maximum atomic E-state index is 12.8. The van der Waals surface area contributed by atoms with Crippen molar-refractivity contribution in [2.45, 2.75) is 116 Å². The van der Waals surface area contributed by atoms with Gasteiger partial charge in [-0.15, -0.1) is 0 Å². The van der Waals surface area contributed by atoms with Crippen molar-refractivity contribution in [3.05, 3.63) is 0 Å². The van der Waals surface area contributed by atoms with E-state index in [-0.39, 0.29) is 12.1 Å². The Balaban J connectivity index is 2.27. The monoisotopic (exact) mass is 349 g/mol. The van der Waals surface area contributed by atoms with Crippen molar-refractivity contribution in [2.75, 3.05) is 0 Å². The highest BCUT2D eigenvalue weighted by atomic mass is 19.4. The van der Waals surface area contributed by atoms with Crippen LogP contribution >= 0.6 is 0 Å². The molecule has 0 aromatic heterocycles. The van der Waals surface area contributed by atoms with Crippen molar-refractivity contribution in [1.82, 2.24) is 4.90 Å². The molecule has 2 atom stereocenters. The lowest BCUT2D eigenvalue weighted by molar-refractivity contribution is -0.192. The molecule has 142 valence electrons. The minimum absolute atomic E-state index is 0.229. The fourth-order valence-electron chi connectivity index (χ4n) is 3.77. The van der Waals surface area contributed by atoms with E-state index in [4.69, 9.17) is 0 Å². The van der Waals surface area contributed by atoms with Crippen molar-refractivity contribution < 1.29 is 18.0 Å². The lowest BCUT2D eigenvalue weighted by Crippen LogP contribution is -2.53. The summed E-state index contributed by atoms with van der Waals surface area (Å²) in [5.74, 6) is -1.64. The standard InChI is InChI=1S/C19H34F3NO/c1-3-4-5-6-7-8-9-10-11-14-17-15-12-13-16(2)23(17)18(24)19(20,21)22/h16-17H,3-15H2,1-2H3/t16-,17+/m1/s1. The van der Waals surface area contributed by atoms with Crippen molar-refractivity contribution >= 4 is 5.91 Å². The minimum atomic E-state index is -4.75. The zero-order valence-corrected chi connectivity index (χ0v) is 15.3. The second kappa shape index (κ2) is 11.0. The zero-order chi connectivity index (χ0) is 18.0. The van der Waals surface area contributed by atoms with Crippen LogP contribution in [0.5, 0.6) is 0 Å². The molecule has 0 radical (unpaired) electrons. The molecule has 0 unspecified atom stereocenters. The molecule has 0 spiro atoms. The number of halogens is 3. The number of likely N-dealkylation sites (tertiary alicyclic amines) is 1. The molecule has 1 rings (SSSR count). The van der Waals surface area contributed by atoms with Gasteiger partial charge in [0.25, 0.3) is 0 Å². The van der Waals surface area contributed by atoms with Gasteiger partial charge in [-0.05, 0) is 32.6 Å². The largest absolute Gasteiger partial charge is 0.471 e. The Hall–Kier alpha value is -0.740. The maximum Gasteiger partial charge on any atom is 0.471 e. The average molecular weight is 349 g/mol. The normalized spacial score (nSPS) is 22.0. The van der Waals surface area contributed by atoms with Crippen LogP contribution in [0.25, 0.3) is 0 Å². The van der Waals surface area contributed by atoms with Gasteiger partial charge < -0.3 is 4.90 Å². The fraction of sp³-hybridized carbons (Fsp3) is 0.947. The molecule has 0 N–H and O–H groups in total. The first-order valence-electron chi connectivity index (χ1n) is 9.77. The second-order valence-corrected chi connectivity index (χ2v) is 7.26. The van der Waals surface area contributed by atoms with E-state index in [2.05, 4.69) is 6.92 Å². The van der Waals surface area contributed by atoms with Gasteiger partial charge in [0.05, 0.1) is 0 Å². The third-order valence-electron chi connectivity index (χ3n) is 5.15. The fourth-order valence-corrected chi connectivity index (χ4v) is 3.77. The van der Waals surface area contributed by atoms with Gasteiger partial charge in [-0.1, -0.05) is 64.7 Å². The van der Waals surface area contributed by atoms with Crippen molar-refractivity contribution in [3.63, 3.8) is 0 Å². The Morgan fingerprint density at radius 1 is 0.958 bits per heavy atom. The van der Waals surface area contributed by atoms with Crippen LogP contribution in [0.2, 0.25) is 0 Å². The third kappa shape index (κ3) is 7.43. The van der Waals surface area contributed by atoms with Gasteiger partial charge in [-0.3, -0.25) is 4.79 Å². The lowest BCUT2D eigenvalue weighted by Gasteiger charge is -2.41. The maximum absolute atomic E-state index is 12.8. The number of hydrogen-bond donors (Lipinski definition) is 0. The molecule has 1 heterocycles. The molecule has 1 aliphatic heterocycles. The van der Waals surface area contributed by atoms with Gasteiger partial charge in [0.15, 0.2) is 0 Å². The molecule has 5 heteroatoms. The number of hydrogen-bond acceptors (Lipinski definition) is 1. The molecule has 0 aromatic carbocycles. The summed E-state index contributed by atoms with van der Waals surface area (Å²) in [7, 11) is 0. The van der Waals surface area contributed by atoms with Gasteiger partial charge in [-0.25, -0.2) is 0 Å². The number of rotatable bonds is 10. The summed E-state index contributed by atoms with van der Waals surface area (Å²) in [6.45, 7) is 3.95. The summed E-state index contributed by atoms with van der Waals surface area (Å²) in [6, 6.07) is -0.524. The second-order valence-electron chi connectivity index (χ2n) is 7.26. The van der Waals surface area contributed by atoms with Crippen LogP contribution in [0.3, 0.4) is 0 Å². The molecule has 0 aliphatic carbocycles. The number of carbonyl (C=O) groups excluding carboxylic acids is 1. The molecule has 1 fully saturated rings. The first-order valence-corrected chi connectivity index (χ1v) is 9.77. The SMILES string of the molecule is CCCCCCCCCCC[C@H]1CCC[C@@H](C)N1C(=O)C(F)(F)F. The number of amides is 1. The highest BCUT2D eigenvalue weighted by Crippen LogP contribution is 2.31. The molecular weight excluding hydrogens is 315 g/mol. The number of piperidine rings is 1. The predicted molar refractivity (Wildman–Crippen MR) is 91.8 cm³/mol. The molecule has 1 aliphatic rings. The van der Waals surface area contributed by atoms with E-state index in [1.165, 1.54) is 38.5 Å². The summed E-state index contributed by atoms with van der Waals surface area (Å²) >= 11 is 0. The van der Waals surface area contributed by atoms with Crippen molar-refractivity contribution in [2.24, 2.45) is 0 Å². The van der Waals surface area contributed by atoms with Gasteiger partial charge in [0, 0.05) is 12.1 Å². The van der Waals surface area contributed by atoms with E-state index in [9.17, 15) is 18.0 Å². The van der Waals surface area contributed by atoms with Crippen LogP contribution < -0.4 is 0 Å². The molecule has 1 saturated heterocycles. The van der Waals surface area contributed by atoms with Crippen LogP contribution in [-0.2, 0) is 4.79 Å². The van der Waals surface area contributed by atoms with Crippen LogP contribution in [0.15, 0.2) is 0 Å². The number of unbranched alkanes of at least 4 members (excludes halogenated alkanes) is 8. The molecule has 2 nitrogen and oxygen atoms in total. The predicted octanol–water partition coefficient (Wildman–Crippen LogP) is 6.24. The zero-order valence-electron chi connectivity index (χ0n) is 15.3. The van der Waals surface area contributed by atoms with Gasteiger partial charge in [-0.2, -0.15) is 13.2 Å². The van der Waals surface area contributed by atoms with E-state index >= 15 is 0 Å². The van der Waals surface area contributed by atoms with Gasteiger partial charge in [0.1, 0.15) is 0 Å². The average Bonchev–Trinajstić information content (AvgIpc) is 2.52. The molecule has 0 aromatic rings. The van der Waals surface area contributed by atoms with Gasteiger partial charge in [0.2, 0.25) is 0 Å². The van der Waals surface area contributed by atoms with Crippen molar-refractivity contribution in [3.8, 4) is 0 Å². The van der Waals surface area contributed by atoms with Gasteiger partial charge >= 0.3 is 12.1 Å². The highest BCUT2D eigenvalue weighted by molar-refractivity contribution is 5.82. The Bertz CT molecular complexity index is 357. The topological polar surface area (TPSA) is 20.3 Å². The molecular formula is C19H34F3NO. The Morgan fingerprint density at radius 2 is 1.50 bits per heavy atom. The molecule has 1 amide bonds.